The van der Waals surface area contributed by atoms with Crippen molar-refractivity contribution in [2.45, 2.75) is 45.1 Å². The van der Waals surface area contributed by atoms with Crippen molar-refractivity contribution in [3.8, 4) is 11.5 Å². The van der Waals surface area contributed by atoms with Gasteiger partial charge in [0.15, 0.2) is 11.5 Å². The van der Waals surface area contributed by atoms with E-state index < -0.39 is 5.97 Å². The number of ether oxygens (including phenoxy) is 2. The van der Waals surface area contributed by atoms with Crippen LogP contribution in [0.2, 0.25) is 0 Å². The number of carboxylic acid groups (broad SMARTS) is 1. The lowest BCUT2D eigenvalue weighted by Gasteiger charge is -2.23. The van der Waals surface area contributed by atoms with Gasteiger partial charge in [0.2, 0.25) is 0 Å². The van der Waals surface area contributed by atoms with Crippen LogP contribution in [0.4, 0.5) is 0 Å². The van der Waals surface area contributed by atoms with E-state index in [0.717, 1.165) is 22.9 Å². The summed E-state index contributed by atoms with van der Waals surface area (Å²) in [5.41, 5.74) is 0.924. The monoisotopic (exact) mass is 356 g/mol. The molecule has 1 atom stereocenters. The summed E-state index contributed by atoms with van der Waals surface area (Å²) in [6.07, 6.45) is 2.26. The molecule has 1 unspecified atom stereocenters. The van der Waals surface area contributed by atoms with Crippen LogP contribution < -0.4 is 9.47 Å². The highest BCUT2D eigenvalue weighted by Crippen LogP contribution is 2.51. The van der Waals surface area contributed by atoms with E-state index in [-0.39, 0.29) is 18.4 Å². The van der Waals surface area contributed by atoms with Gasteiger partial charge in [-0.2, -0.15) is 0 Å². The third-order valence-corrected chi connectivity index (χ3v) is 4.33. The smallest absolute Gasteiger partial charge is 0.303 e. The van der Waals surface area contributed by atoms with Gasteiger partial charge < -0.3 is 14.6 Å². The summed E-state index contributed by atoms with van der Waals surface area (Å²) in [6, 6.07) is 3.74. The Kier molecular flexibility index (Phi) is 5.14. The zero-order valence-corrected chi connectivity index (χ0v) is 14.1. The molecule has 2 rings (SSSR count). The van der Waals surface area contributed by atoms with Gasteiger partial charge in [-0.25, -0.2) is 0 Å². The first-order valence-corrected chi connectivity index (χ1v) is 7.98. The number of rotatable bonds is 7. The second-order valence-corrected chi connectivity index (χ2v) is 6.56. The number of halogens is 1. The lowest BCUT2D eigenvalue weighted by molar-refractivity contribution is -0.137. The second kappa shape index (κ2) is 6.69. The molecule has 0 radical (unpaired) electrons. The summed E-state index contributed by atoms with van der Waals surface area (Å²) in [7, 11) is 1.60. The van der Waals surface area contributed by atoms with Crippen molar-refractivity contribution >= 4 is 21.9 Å². The predicted molar refractivity (Wildman–Crippen MR) is 84.2 cm³/mol. The van der Waals surface area contributed by atoms with Crippen LogP contribution in [-0.2, 0) is 4.79 Å². The van der Waals surface area contributed by atoms with E-state index in [0.29, 0.717) is 17.4 Å². The minimum atomic E-state index is -0.780. The number of benzene rings is 1. The van der Waals surface area contributed by atoms with E-state index in [9.17, 15) is 9.90 Å². The lowest BCUT2D eigenvalue weighted by Crippen LogP contribution is -2.14. The minimum absolute atomic E-state index is 0.00312. The Bertz CT molecular complexity index is 523. The van der Waals surface area contributed by atoms with Gasteiger partial charge >= 0.3 is 5.97 Å². The SMILES string of the molecule is COc1ccc(Br)c(C(CC(=O)O)C2CC2)c1OC(C)C. The van der Waals surface area contributed by atoms with Crippen LogP contribution in [0, 0.1) is 5.92 Å². The normalized spacial score (nSPS) is 15.9. The van der Waals surface area contributed by atoms with Crippen molar-refractivity contribution in [3.05, 3.63) is 22.2 Å². The zero-order valence-electron chi connectivity index (χ0n) is 12.6. The fourth-order valence-corrected chi connectivity index (χ4v) is 3.22. The number of carbonyl (C=O) groups is 1. The fourth-order valence-electron chi connectivity index (χ4n) is 2.61. The quantitative estimate of drug-likeness (QED) is 0.794. The van der Waals surface area contributed by atoms with Gasteiger partial charge in [0.1, 0.15) is 0 Å². The van der Waals surface area contributed by atoms with E-state index in [1.807, 2.05) is 26.0 Å². The van der Waals surface area contributed by atoms with Gasteiger partial charge in [-0.05, 0) is 44.7 Å². The van der Waals surface area contributed by atoms with E-state index in [1.54, 1.807) is 7.11 Å². The standard InChI is InChI=1S/C16H21BrO4/c1-9(2)21-16-13(20-3)7-6-12(17)15(16)11(8-14(18)19)10-4-5-10/h6-7,9-11H,4-5,8H2,1-3H3,(H,18,19). The summed E-state index contributed by atoms with van der Waals surface area (Å²) in [4.78, 5) is 11.2. The first-order chi connectivity index (χ1) is 9.93. The number of hydrogen-bond acceptors (Lipinski definition) is 3. The Morgan fingerprint density at radius 1 is 1.43 bits per heavy atom. The van der Waals surface area contributed by atoms with E-state index in [4.69, 9.17) is 9.47 Å². The van der Waals surface area contributed by atoms with Gasteiger partial charge in [0.25, 0.3) is 0 Å². The summed E-state index contributed by atoms with van der Waals surface area (Å²) in [6.45, 7) is 3.90. The summed E-state index contributed by atoms with van der Waals surface area (Å²) in [5, 5.41) is 9.22. The van der Waals surface area contributed by atoms with Crippen molar-refractivity contribution in [1.29, 1.82) is 0 Å². The number of hydrogen-bond donors (Lipinski definition) is 1. The number of aliphatic carboxylic acids is 1. The molecule has 116 valence electrons. The molecule has 0 aliphatic heterocycles. The molecule has 1 aliphatic carbocycles. The maximum atomic E-state index is 11.2. The fraction of sp³-hybridized carbons (Fsp3) is 0.562. The summed E-state index contributed by atoms with van der Waals surface area (Å²) in [5.74, 6) is 0.912. The molecular formula is C16H21BrO4. The molecule has 0 heterocycles. The third kappa shape index (κ3) is 3.90. The first-order valence-electron chi connectivity index (χ1n) is 7.18. The Morgan fingerprint density at radius 2 is 2.10 bits per heavy atom. The molecule has 4 nitrogen and oxygen atoms in total. The summed E-state index contributed by atoms with van der Waals surface area (Å²) >= 11 is 3.56. The van der Waals surface area contributed by atoms with Crippen LogP contribution >= 0.6 is 15.9 Å². The zero-order chi connectivity index (χ0) is 15.6. The topological polar surface area (TPSA) is 55.8 Å². The van der Waals surface area contributed by atoms with Crippen LogP contribution in [0.5, 0.6) is 11.5 Å². The largest absolute Gasteiger partial charge is 0.493 e. The van der Waals surface area contributed by atoms with Gasteiger partial charge in [0.05, 0.1) is 19.6 Å². The van der Waals surface area contributed by atoms with E-state index in [2.05, 4.69) is 15.9 Å². The third-order valence-electron chi connectivity index (χ3n) is 3.64. The highest BCUT2D eigenvalue weighted by molar-refractivity contribution is 9.10. The van der Waals surface area contributed by atoms with Crippen LogP contribution in [0.15, 0.2) is 16.6 Å². The molecule has 1 aromatic rings. The minimum Gasteiger partial charge on any atom is -0.493 e. The van der Waals surface area contributed by atoms with Crippen molar-refractivity contribution in [2.75, 3.05) is 7.11 Å². The Hall–Kier alpha value is -1.23. The van der Waals surface area contributed by atoms with Gasteiger partial charge in [-0.3, -0.25) is 4.79 Å². The van der Waals surface area contributed by atoms with Crippen LogP contribution in [0.1, 0.15) is 44.6 Å². The molecule has 1 N–H and O–H groups in total. The Labute approximate surface area is 133 Å². The molecular weight excluding hydrogens is 336 g/mol. The van der Waals surface area contributed by atoms with Crippen LogP contribution in [-0.4, -0.2) is 24.3 Å². The number of carboxylic acids is 1. The molecule has 0 saturated heterocycles. The van der Waals surface area contributed by atoms with Gasteiger partial charge in [-0.15, -0.1) is 0 Å². The lowest BCUT2D eigenvalue weighted by atomic mass is 9.90. The molecule has 21 heavy (non-hydrogen) atoms. The first kappa shape index (κ1) is 16.1. The number of methoxy groups -OCH3 is 1. The van der Waals surface area contributed by atoms with Gasteiger partial charge in [-0.1, -0.05) is 15.9 Å². The predicted octanol–water partition coefficient (Wildman–Crippen LogP) is 4.21. The van der Waals surface area contributed by atoms with Crippen LogP contribution in [0.3, 0.4) is 0 Å². The molecule has 0 bridgehead atoms. The van der Waals surface area contributed by atoms with Crippen molar-refractivity contribution in [1.82, 2.24) is 0 Å². The summed E-state index contributed by atoms with van der Waals surface area (Å²) < 4.78 is 12.2. The highest BCUT2D eigenvalue weighted by atomic mass is 79.9. The molecule has 0 amide bonds. The maximum absolute atomic E-state index is 11.2. The van der Waals surface area contributed by atoms with Crippen molar-refractivity contribution in [3.63, 3.8) is 0 Å². The van der Waals surface area contributed by atoms with Crippen molar-refractivity contribution in [2.24, 2.45) is 5.92 Å². The molecule has 1 fully saturated rings. The Balaban J connectivity index is 2.49. The average Bonchev–Trinajstić information content (AvgIpc) is 3.20. The molecule has 5 heteroatoms. The molecule has 1 aliphatic rings. The van der Waals surface area contributed by atoms with E-state index in [1.165, 1.54) is 0 Å². The average molecular weight is 357 g/mol. The second-order valence-electron chi connectivity index (χ2n) is 5.70. The Morgan fingerprint density at radius 3 is 2.57 bits per heavy atom. The van der Waals surface area contributed by atoms with Gasteiger partial charge in [0, 0.05) is 16.0 Å². The molecule has 1 saturated carbocycles. The highest BCUT2D eigenvalue weighted by Gasteiger charge is 2.37. The molecule has 1 aromatic carbocycles. The van der Waals surface area contributed by atoms with E-state index >= 15 is 0 Å². The van der Waals surface area contributed by atoms with Crippen LogP contribution in [0.25, 0.3) is 0 Å². The molecule has 0 aromatic heterocycles. The maximum Gasteiger partial charge on any atom is 0.303 e. The van der Waals surface area contributed by atoms with Crippen molar-refractivity contribution < 1.29 is 19.4 Å². The molecule has 0 spiro atoms.